The molecule has 1 aromatic rings. The summed E-state index contributed by atoms with van der Waals surface area (Å²) in [5.41, 5.74) is -1.97. The monoisotopic (exact) mass is 312 g/mol. The molecule has 0 atom stereocenters. The fourth-order valence-corrected chi connectivity index (χ4v) is 1.79. The van der Waals surface area contributed by atoms with Crippen molar-refractivity contribution in [1.82, 2.24) is 5.32 Å². The highest BCUT2D eigenvalue weighted by Gasteiger charge is 2.36. The number of hydrogen-bond donors (Lipinski definition) is 2. The highest BCUT2D eigenvalue weighted by Crippen LogP contribution is 2.23. The topological polar surface area (TPSA) is 58.2 Å². The van der Waals surface area contributed by atoms with E-state index >= 15 is 0 Å². The van der Waals surface area contributed by atoms with Gasteiger partial charge in [-0.15, -0.1) is 0 Å². The van der Waals surface area contributed by atoms with E-state index in [2.05, 4.69) is 10.6 Å². The predicted octanol–water partition coefficient (Wildman–Crippen LogP) is 3.24. The Bertz CT molecular complexity index is 525. The first-order valence-electron chi connectivity index (χ1n) is 7.34. The van der Waals surface area contributed by atoms with E-state index in [0.29, 0.717) is 6.54 Å². The van der Waals surface area contributed by atoms with E-state index in [0.717, 1.165) is 31.4 Å². The van der Waals surface area contributed by atoms with E-state index < -0.39 is 34.6 Å². The molecular formula is C16H22F2N2O2. The molecule has 0 spiro atoms. The zero-order valence-corrected chi connectivity index (χ0v) is 13.1. The third kappa shape index (κ3) is 4.51. The molecule has 0 aliphatic heterocycles. The zero-order valence-electron chi connectivity index (χ0n) is 13.1. The van der Waals surface area contributed by atoms with Crippen LogP contribution in [0.15, 0.2) is 18.2 Å². The number of para-hydroxylation sites is 1. The van der Waals surface area contributed by atoms with Crippen molar-refractivity contribution >= 4 is 17.5 Å². The third-order valence-corrected chi connectivity index (χ3v) is 3.40. The minimum atomic E-state index is -1.43. The van der Waals surface area contributed by atoms with Crippen molar-refractivity contribution in [3.05, 3.63) is 29.8 Å². The number of hydrogen-bond acceptors (Lipinski definition) is 2. The molecule has 1 rings (SSSR count). The molecule has 122 valence electrons. The van der Waals surface area contributed by atoms with Crippen molar-refractivity contribution in [2.24, 2.45) is 5.41 Å². The maximum Gasteiger partial charge on any atom is 0.239 e. The van der Waals surface area contributed by atoms with Gasteiger partial charge < -0.3 is 10.6 Å². The van der Waals surface area contributed by atoms with Gasteiger partial charge in [0.1, 0.15) is 22.7 Å². The standard InChI is InChI=1S/C16H22F2N2O2/c1-4-5-6-10-19-14(21)16(2,3)15(22)20-13-11(17)8-7-9-12(13)18/h7-9H,4-6,10H2,1-3H3,(H,19,21)(H,20,22). The quantitative estimate of drug-likeness (QED) is 0.600. The Kier molecular flexibility index (Phi) is 6.46. The molecular weight excluding hydrogens is 290 g/mol. The molecule has 0 saturated heterocycles. The number of anilines is 1. The summed E-state index contributed by atoms with van der Waals surface area (Å²) in [6.45, 7) is 5.34. The van der Waals surface area contributed by atoms with E-state index in [1.807, 2.05) is 6.92 Å². The summed E-state index contributed by atoms with van der Waals surface area (Å²) in [5, 5.41) is 4.82. The van der Waals surface area contributed by atoms with Crippen LogP contribution in [0.2, 0.25) is 0 Å². The SMILES string of the molecule is CCCCCNC(=O)C(C)(C)C(=O)Nc1c(F)cccc1F. The molecule has 0 saturated carbocycles. The summed E-state index contributed by atoms with van der Waals surface area (Å²) in [4.78, 5) is 24.2. The van der Waals surface area contributed by atoms with Gasteiger partial charge in [-0.1, -0.05) is 25.8 Å². The maximum atomic E-state index is 13.5. The van der Waals surface area contributed by atoms with Crippen LogP contribution < -0.4 is 10.6 Å². The molecule has 2 amide bonds. The van der Waals surface area contributed by atoms with Crippen molar-refractivity contribution < 1.29 is 18.4 Å². The van der Waals surface area contributed by atoms with Crippen LogP contribution in [-0.4, -0.2) is 18.4 Å². The molecule has 0 heterocycles. The number of halogens is 2. The number of carbonyl (C=O) groups excluding carboxylic acids is 2. The lowest BCUT2D eigenvalue weighted by Gasteiger charge is -2.23. The summed E-state index contributed by atoms with van der Waals surface area (Å²) in [6.07, 6.45) is 2.82. The minimum Gasteiger partial charge on any atom is -0.355 e. The van der Waals surface area contributed by atoms with E-state index in [-0.39, 0.29) is 0 Å². The van der Waals surface area contributed by atoms with Gasteiger partial charge in [0.2, 0.25) is 11.8 Å². The second kappa shape index (κ2) is 7.87. The molecule has 0 fully saturated rings. The number of carbonyl (C=O) groups is 2. The summed E-state index contributed by atoms with van der Waals surface area (Å²) >= 11 is 0. The van der Waals surface area contributed by atoms with Crippen molar-refractivity contribution in [2.75, 3.05) is 11.9 Å². The van der Waals surface area contributed by atoms with E-state index in [1.54, 1.807) is 0 Å². The number of amides is 2. The van der Waals surface area contributed by atoms with E-state index in [4.69, 9.17) is 0 Å². The van der Waals surface area contributed by atoms with Crippen LogP contribution in [0.5, 0.6) is 0 Å². The van der Waals surface area contributed by atoms with Crippen LogP contribution in [0, 0.1) is 17.0 Å². The van der Waals surface area contributed by atoms with Crippen LogP contribution in [-0.2, 0) is 9.59 Å². The third-order valence-electron chi connectivity index (χ3n) is 3.40. The Hall–Kier alpha value is -1.98. The molecule has 2 N–H and O–H groups in total. The molecule has 22 heavy (non-hydrogen) atoms. The summed E-state index contributed by atoms with van der Waals surface area (Å²) in [6, 6.07) is 3.28. The molecule has 0 aromatic heterocycles. The molecule has 4 nitrogen and oxygen atoms in total. The Labute approximate surface area is 129 Å². The second-order valence-electron chi connectivity index (χ2n) is 5.64. The Morgan fingerprint density at radius 1 is 1.09 bits per heavy atom. The number of rotatable bonds is 7. The van der Waals surface area contributed by atoms with E-state index in [9.17, 15) is 18.4 Å². The normalized spacial score (nSPS) is 11.1. The Balaban J connectivity index is 2.71. The smallest absolute Gasteiger partial charge is 0.239 e. The second-order valence-corrected chi connectivity index (χ2v) is 5.64. The van der Waals surface area contributed by atoms with Crippen molar-refractivity contribution in [3.63, 3.8) is 0 Å². The van der Waals surface area contributed by atoms with Crippen molar-refractivity contribution in [1.29, 1.82) is 0 Å². The van der Waals surface area contributed by atoms with Crippen LogP contribution >= 0.6 is 0 Å². The highest BCUT2D eigenvalue weighted by molar-refractivity contribution is 6.09. The fraction of sp³-hybridized carbons (Fsp3) is 0.500. The lowest BCUT2D eigenvalue weighted by Crippen LogP contribution is -2.45. The van der Waals surface area contributed by atoms with Gasteiger partial charge in [-0.25, -0.2) is 8.78 Å². The molecule has 6 heteroatoms. The maximum absolute atomic E-state index is 13.5. The summed E-state index contributed by atoms with van der Waals surface area (Å²) < 4.78 is 27.1. The van der Waals surface area contributed by atoms with Crippen LogP contribution in [0.1, 0.15) is 40.0 Å². The van der Waals surface area contributed by atoms with Gasteiger partial charge in [0, 0.05) is 6.54 Å². The lowest BCUT2D eigenvalue weighted by atomic mass is 9.91. The number of unbranched alkanes of at least 4 members (excludes halogenated alkanes) is 2. The van der Waals surface area contributed by atoms with Gasteiger partial charge in [0.15, 0.2) is 0 Å². The predicted molar refractivity (Wildman–Crippen MR) is 81.3 cm³/mol. The van der Waals surface area contributed by atoms with Crippen molar-refractivity contribution in [2.45, 2.75) is 40.0 Å². The lowest BCUT2D eigenvalue weighted by molar-refractivity contribution is -0.138. The Morgan fingerprint density at radius 3 is 2.23 bits per heavy atom. The minimum absolute atomic E-state index is 0.470. The van der Waals surface area contributed by atoms with Crippen LogP contribution in [0.25, 0.3) is 0 Å². The number of benzene rings is 1. The van der Waals surface area contributed by atoms with E-state index in [1.165, 1.54) is 19.9 Å². The van der Waals surface area contributed by atoms with Gasteiger partial charge in [0.25, 0.3) is 0 Å². The van der Waals surface area contributed by atoms with Gasteiger partial charge in [-0.05, 0) is 32.4 Å². The van der Waals surface area contributed by atoms with Gasteiger partial charge >= 0.3 is 0 Å². The van der Waals surface area contributed by atoms with Gasteiger partial charge in [-0.2, -0.15) is 0 Å². The first-order valence-corrected chi connectivity index (χ1v) is 7.34. The summed E-state index contributed by atoms with van der Waals surface area (Å²) in [7, 11) is 0. The number of nitrogens with one attached hydrogen (secondary N) is 2. The molecule has 0 aliphatic rings. The zero-order chi connectivity index (χ0) is 16.8. The Morgan fingerprint density at radius 2 is 1.68 bits per heavy atom. The molecule has 0 radical (unpaired) electrons. The van der Waals surface area contributed by atoms with Crippen molar-refractivity contribution in [3.8, 4) is 0 Å². The molecule has 0 aliphatic carbocycles. The van der Waals surface area contributed by atoms with Crippen LogP contribution in [0.4, 0.5) is 14.5 Å². The first kappa shape index (κ1) is 18.1. The van der Waals surface area contributed by atoms with Gasteiger partial charge in [-0.3, -0.25) is 9.59 Å². The highest BCUT2D eigenvalue weighted by atomic mass is 19.1. The first-order chi connectivity index (χ1) is 10.3. The van der Waals surface area contributed by atoms with Crippen LogP contribution in [0.3, 0.4) is 0 Å². The molecule has 0 unspecified atom stereocenters. The molecule has 0 bridgehead atoms. The largest absolute Gasteiger partial charge is 0.355 e. The fourth-order valence-electron chi connectivity index (χ4n) is 1.79. The average molecular weight is 312 g/mol. The summed E-state index contributed by atoms with van der Waals surface area (Å²) in [5.74, 6) is -3.00. The average Bonchev–Trinajstić information content (AvgIpc) is 2.47. The van der Waals surface area contributed by atoms with Gasteiger partial charge in [0.05, 0.1) is 0 Å². The molecule has 1 aromatic carbocycles.